The molecule has 6 heteroatoms. The van der Waals surface area contributed by atoms with Crippen LogP contribution in [0.1, 0.15) is 38.4 Å². The summed E-state index contributed by atoms with van der Waals surface area (Å²) in [4.78, 5) is 16.4. The van der Waals surface area contributed by atoms with Gasteiger partial charge in [-0.3, -0.25) is 9.69 Å². The highest BCUT2D eigenvalue weighted by molar-refractivity contribution is 5.73. The van der Waals surface area contributed by atoms with Gasteiger partial charge in [-0.1, -0.05) is 30.3 Å². The highest BCUT2D eigenvalue weighted by Crippen LogP contribution is 2.36. The average Bonchev–Trinajstić information content (AvgIpc) is 3.22. The maximum absolute atomic E-state index is 11.7. The molecule has 2 atom stereocenters. The summed E-state index contributed by atoms with van der Waals surface area (Å²) in [6, 6.07) is 12.1. The molecule has 27 heavy (non-hydrogen) atoms. The summed E-state index contributed by atoms with van der Waals surface area (Å²) >= 11 is 0. The molecule has 2 saturated heterocycles. The van der Waals surface area contributed by atoms with E-state index in [-0.39, 0.29) is 5.91 Å². The lowest BCUT2D eigenvalue weighted by Gasteiger charge is -2.41. The van der Waals surface area contributed by atoms with Gasteiger partial charge in [-0.2, -0.15) is 0 Å². The molecule has 5 rings (SSSR count). The van der Waals surface area contributed by atoms with Crippen molar-refractivity contribution in [2.75, 3.05) is 13.1 Å². The number of rotatable bonds is 2. The van der Waals surface area contributed by atoms with E-state index >= 15 is 0 Å². The van der Waals surface area contributed by atoms with Gasteiger partial charge in [0.25, 0.3) is 0 Å². The molecule has 0 unspecified atom stereocenters. The van der Waals surface area contributed by atoms with Crippen molar-refractivity contribution < 1.29 is 4.79 Å². The van der Waals surface area contributed by atoms with Crippen LogP contribution in [0.15, 0.2) is 30.3 Å². The normalized spacial score (nSPS) is 26.0. The zero-order valence-electron chi connectivity index (χ0n) is 15.9. The van der Waals surface area contributed by atoms with Crippen LogP contribution in [-0.4, -0.2) is 61.7 Å². The smallest absolute Gasteiger partial charge is 0.219 e. The Kier molecular flexibility index (Phi) is 4.23. The van der Waals surface area contributed by atoms with Crippen LogP contribution in [0.5, 0.6) is 0 Å². The zero-order valence-corrected chi connectivity index (χ0v) is 15.9. The van der Waals surface area contributed by atoms with Crippen molar-refractivity contribution in [2.45, 2.75) is 63.7 Å². The van der Waals surface area contributed by atoms with E-state index in [9.17, 15) is 4.79 Å². The molecule has 0 N–H and O–H groups in total. The van der Waals surface area contributed by atoms with Gasteiger partial charge < -0.3 is 9.47 Å². The number of aromatic nitrogens is 3. The van der Waals surface area contributed by atoms with Crippen molar-refractivity contribution in [2.24, 2.45) is 0 Å². The monoisotopic (exact) mass is 365 g/mol. The SMILES string of the molecule is CC(=O)N1CCC(N2[C@@H]3CC[C@H]2Cc2nnc(-c4ccccc4)n2C3)CC1. The zero-order chi connectivity index (χ0) is 18.4. The molecule has 0 aliphatic carbocycles. The van der Waals surface area contributed by atoms with Gasteiger partial charge in [0.15, 0.2) is 5.82 Å². The number of carbonyl (C=O) groups excluding carboxylic acids is 1. The Balaban J connectivity index is 1.39. The van der Waals surface area contributed by atoms with Crippen LogP contribution < -0.4 is 0 Å². The fourth-order valence-corrected chi connectivity index (χ4v) is 5.35. The Hall–Kier alpha value is -2.21. The first-order valence-corrected chi connectivity index (χ1v) is 10.2. The first-order chi connectivity index (χ1) is 13.2. The van der Waals surface area contributed by atoms with Crippen LogP contribution in [0.3, 0.4) is 0 Å². The van der Waals surface area contributed by atoms with Crippen LogP contribution >= 0.6 is 0 Å². The summed E-state index contributed by atoms with van der Waals surface area (Å²) < 4.78 is 2.36. The van der Waals surface area contributed by atoms with Crippen molar-refractivity contribution in [1.82, 2.24) is 24.6 Å². The summed E-state index contributed by atoms with van der Waals surface area (Å²) in [6.07, 6.45) is 5.69. The molecule has 3 aliphatic rings. The Labute approximate surface area is 160 Å². The summed E-state index contributed by atoms with van der Waals surface area (Å²) in [7, 11) is 0. The van der Waals surface area contributed by atoms with Crippen LogP contribution in [0.25, 0.3) is 11.4 Å². The van der Waals surface area contributed by atoms with Gasteiger partial charge in [0.05, 0.1) is 0 Å². The van der Waals surface area contributed by atoms with E-state index in [0.717, 1.165) is 56.1 Å². The minimum Gasteiger partial charge on any atom is -0.343 e. The van der Waals surface area contributed by atoms with Crippen molar-refractivity contribution in [3.63, 3.8) is 0 Å². The number of benzene rings is 1. The molecular formula is C21H27N5O. The number of carbonyl (C=O) groups is 1. The van der Waals surface area contributed by atoms with Crippen LogP contribution in [-0.2, 0) is 17.8 Å². The Morgan fingerprint density at radius 3 is 2.44 bits per heavy atom. The predicted molar refractivity (Wildman–Crippen MR) is 103 cm³/mol. The molecule has 2 fully saturated rings. The summed E-state index contributed by atoms with van der Waals surface area (Å²) in [5.74, 6) is 2.35. The molecule has 2 aromatic rings. The highest BCUT2D eigenvalue weighted by Gasteiger charge is 2.42. The predicted octanol–water partition coefficient (Wildman–Crippen LogP) is 2.35. The lowest BCUT2D eigenvalue weighted by atomic mass is 10.0. The maximum atomic E-state index is 11.7. The minimum atomic E-state index is 0.214. The quantitative estimate of drug-likeness (QED) is 0.820. The number of nitrogens with zero attached hydrogens (tertiary/aromatic N) is 5. The molecular weight excluding hydrogens is 338 g/mol. The fourth-order valence-electron chi connectivity index (χ4n) is 5.35. The second-order valence-electron chi connectivity index (χ2n) is 8.19. The Morgan fingerprint density at radius 1 is 0.963 bits per heavy atom. The minimum absolute atomic E-state index is 0.214. The molecule has 142 valence electrons. The van der Waals surface area contributed by atoms with Crippen molar-refractivity contribution in [3.8, 4) is 11.4 Å². The second kappa shape index (κ2) is 6.75. The number of hydrogen-bond donors (Lipinski definition) is 0. The average molecular weight is 365 g/mol. The van der Waals surface area contributed by atoms with Gasteiger partial charge in [0.2, 0.25) is 5.91 Å². The molecule has 6 nitrogen and oxygen atoms in total. The first-order valence-electron chi connectivity index (χ1n) is 10.2. The van der Waals surface area contributed by atoms with Gasteiger partial charge in [0, 0.05) is 56.7 Å². The van der Waals surface area contributed by atoms with Crippen LogP contribution in [0.2, 0.25) is 0 Å². The standard InChI is InChI=1S/C21H27N5O/c1-15(27)24-11-9-17(10-12-24)26-18-7-8-19(26)14-25-20(13-18)22-23-21(25)16-5-3-2-4-6-16/h2-6,17-19H,7-14H2,1H3/t18-,19+/m0/s1. The van der Waals surface area contributed by atoms with E-state index in [1.165, 1.54) is 12.8 Å². The first kappa shape index (κ1) is 16.9. The molecule has 3 aliphatic heterocycles. The Morgan fingerprint density at radius 2 is 1.70 bits per heavy atom. The van der Waals surface area contributed by atoms with Gasteiger partial charge >= 0.3 is 0 Å². The van der Waals surface area contributed by atoms with Crippen LogP contribution in [0.4, 0.5) is 0 Å². The largest absolute Gasteiger partial charge is 0.343 e. The molecule has 1 amide bonds. The summed E-state index contributed by atoms with van der Waals surface area (Å²) in [5.41, 5.74) is 1.15. The van der Waals surface area contributed by atoms with Gasteiger partial charge in [-0.05, 0) is 25.7 Å². The van der Waals surface area contributed by atoms with Gasteiger partial charge in [-0.15, -0.1) is 10.2 Å². The van der Waals surface area contributed by atoms with Crippen LogP contribution in [0, 0.1) is 0 Å². The number of hydrogen-bond acceptors (Lipinski definition) is 4. The summed E-state index contributed by atoms with van der Waals surface area (Å²) in [5, 5.41) is 9.08. The van der Waals surface area contributed by atoms with E-state index in [1.807, 2.05) is 11.0 Å². The van der Waals surface area contributed by atoms with Gasteiger partial charge in [0.1, 0.15) is 5.82 Å². The van der Waals surface area contributed by atoms with Gasteiger partial charge in [-0.25, -0.2) is 0 Å². The molecule has 0 radical (unpaired) electrons. The molecule has 2 bridgehead atoms. The second-order valence-corrected chi connectivity index (χ2v) is 8.19. The Bertz CT molecular complexity index is 824. The number of fused-ring (bicyclic) bond motifs is 3. The lowest BCUT2D eigenvalue weighted by molar-refractivity contribution is -0.130. The number of likely N-dealkylation sites (tertiary alicyclic amines) is 1. The van der Waals surface area contributed by atoms with Crippen molar-refractivity contribution in [1.29, 1.82) is 0 Å². The molecule has 4 heterocycles. The van der Waals surface area contributed by atoms with E-state index in [0.29, 0.717) is 18.1 Å². The highest BCUT2D eigenvalue weighted by atomic mass is 16.2. The topological polar surface area (TPSA) is 54.3 Å². The van der Waals surface area contributed by atoms with Crippen molar-refractivity contribution in [3.05, 3.63) is 36.2 Å². The molecule has 0 spiro atoms. The lowest BCUT2D eigenvalue weighted by Crippen LogP contribution is -2.51. The van der Waals surface area contributed by atoms with E-state index < -0.39 is 0 Å². The van der Waals surface area contributed by atoms with Crippen molar-refractivity contribution >= 4 is 5.91 Å². The third kappa shape index (κ3) is 2.96. The molecule has 1 aromatic carbocycles. The summed E-state index contributed by atoms with van der Waals surface area (Å²) in [6.45, 7) is 4.47. The molecule has 1 aromatic heterocycles. The van der Waals surface area contributed by atoms with E-state index in [4.69, 9.17) is 0 Å². The van der Waals surface area contributed by atoms with E-state index in [1.54, 1.807) is 6.92 Å². The number of piperidine rings is 1. The maximum Gasteiger partial charge on any atom is 0.219 e. The third-order valence-electron chi connectivity index (χ3n) is 6.68. The number of amides is 1. The third-order valence-corrected chi connectivity index (χ3v) is 6.68. The van der Waals surface area contributed by atoms with E-state index in [2.05, 4.69) is 43.9 Å². The fraction of sp³-hybridized carbons (Fsp3) is 0.571. The molecule has 0 saturated carbocycles.